The Bertz CT molecular complexity index is 860. The highest BCUT2D eigenvalue weighted by molar-refractivity contribution is 9.10. The molecular formula is C22H28BrN5O. The number of amides is 1. The number of piperazine rings is 1. The van der Waals surface area contributed by atoms with Gasteiger partial charge in [-0.1, -0.05) is 31.4 Å². The van der Waals surface area contributed by atoms with Crippen molar-refractivity contribution in [2.24, 2.45) is 0 Å². The Kier molecular flexibility index (Phi) is 6.33. The number of carbonyl (C=O) groups excluding carboxylic acids is 1. The van der Waals surface area contributed by atoms with Gasteiger partial charge >= 0.3 is 0 Å². The second-order valence-electron chi connectivity index (χ2n) is 7.93. The number of hydrogen-bond acceptors (Lipinski definition) is 5. The van der Waals surface area contributed by atoms with Crippen LogP contribution in [0.5, 0.6) is 0 Å². The lowest BCUT2D eigenvalue weighted by Crippen LogP contribution is -2.49. The van der Waals surface area contributed by atoms with E-state index in [1.165, 1.54) is 32.1 Å². The van der Waals surface area contributed by atoms with Crippen LogP contribution in [-0.4, -0.2) is 53.0 Å². The van der Waals surface area contributed by atoms with Crippen molar-refractivity contribution in [3.8, 4) is 0 Å². The Balaban J connectivity index is 1.40. The van der Waals surface area contributed by atoms with E-state index in [0.29, 0.717) is 19.1 Å². The van der Waals surface area contributed by atoms with Gasteiger partial charge in [-0.15, -0.1) is 0 Å². The van der Waals surface area contributed by atoms with Crippen LogP contribution < -0.4 is 10.2 Å². The number of aromatic nitrogens is 2. The Hall–Kier alpha value is -2.15. The fourth-order valence-corrected chi connectivity index (χ4v) is 4.61. The van der Waals surface area contributed by atoms with Crippen LogP contribution in [-0.2, 0) is 0 Å². The van der Waals surface area contributed by atoms with Crippen molar-refractivity contribution in [3.63, 3.8) is 0 Å². The van der Waals surface area contributed by atoms with Gasteiger partial charge in [0.05, 0.1) is 5.56 Å². The smallest absolute Gasteiger partial charge is 0.255 e. The molecule has 1 N–H and O–H groups in total. The van der Waals surface area contributed by atoms with Crippen LogP contribution >= 0.6 is 15.9 Å². The van der Waals surface area contributed by atoms with Gasteiger partial charge in [0.2, 0.25) is 5.95 Å². The van der Waals surface area contributed by atoms with Crippen LogP contribution in [0.1, 0.15) is 48.2 Å². The second kappa shape index (κ2) is 9.11. The Morgan fingerprint density at radius 1 is 1.07 bits per heavy atom. The number of halogens is 1. The number of nitrogens with zero attached hydrogens (tertiary/aromatic N) is 4. The number of carbonyl (C=O) groups is 1. The summed E-state index contributed by atoms with van der Waals surface area (Å²) >= 11 is 3.49. The molecule has 7 heteroatoms. The molecule has 1 aromatic carbocycles. The van der Waals surface area contributed by atoms with Crippen molar-refractivity contribution in [1.29, 1.82) is 0 Å². The quantitative estimate of drug-likeness (QED) is 0.742. The van der Waals surface area contributed by atoms with Gasteiger partial charge in [0, 0.05) is 48.5 Å². The van der Waals surface area contributed by atoms with Crippen LogP contribution in [0, 0.1) is 6.92 Å². The molecule has 0 bridgehead atoms. The maximum Gasteiger partial charge on any atom is 0.255 e. The molecule has 1 amide bonds. The lowest BCUT2D eigenvalue weighted by molar-refractivity contribution is 0.0745. The summed E-state index contributed by atoms with van der Waals surface area (Å²) in [6.45, 7) is 4.94. The first kappa shape index (κ1) is 20.1. The standard InChI is InChI=1S/C22H28BrN5O/c1-16-15-20(26-22(24-16)25-17-7-3-2-4-8-17)27-11-13-28(14-12-27)21(29)18-9-5-6-10-19(18)23/h5-6,9-10,15,17H,2-4,7-8,11-14H2,1H3,(H,24,25,26). The van der Waals surface area contributed by atoms with E-state index in [-0.39, 0.29) is 5.91 Å². The molecule has 1 aliphatic heterocycles. The number of benzene rings is 1. The first-order chi connectivity index (χ1) is 14.1. The Morgan fingerprint density at radius 2 is 1.79 bits per heavy atom. The zero-order chi connectivity index (χ0) is 20.2. The zero-order valence-electron chi connectivity index (χ0n) is 16.9. The van der Waals surface area contributed by atoms with Crippen LogP contribution in [0.2, 0.25) is 0 Å². The lowest BCUT2D eigenvalue weighted by Gasteiger charge is -2.36. The van der Waals surface area contributed by atoms with E-state index < -0.39 is 0 Å². The van der Waals surface area contributed by atoms with E-state index in [4.69, 9.17) is 4.98 Å². The normalized spacial score (nSPS) is 18.0. The van der Waals surface area contributed by atoms with Gasteiger partial charge in [-0.2, -0.15) is 4.98 Å². The fraction of sp³-hybridized carbons (Fsp3) is 0.500. The molecule has 0 radical (unpaired) electrons. The molecule has 2 heterocycles. The van der Waals surface area contributed by atoms with E-state index in [9.17, 15) is 4.79 Å². The first-order valence-corrected chi connectivity index (χ1v) is 11.3. The van der Waals surface area contributed by atoms with Gasteiger partial charge in [-0.05, 0) is 47.8 Å². The molecule has 1 aliphatic carbocycles. The molecule has 29 heavy (non-hydrogen) atoms. The summed E-state index contributed by atoms with van der Waals surface area (Å²) in [6, 6.07) is 10.1. The number of anilines is 2. The van der Waals surface area contributed by atoms with Crippen molar-refractivity contribution >= 4 is 33.6 Å². The number of nitrogens with one attached hydrogen (secondary N) is 1. The van der Waals surface area contributed by atoms with Crippen molar-refractivity contribution in [3.05, 3.63) is 46.1 Å². The largest absolute Gasteiger partial charge is 0.353 e. The molecule has 0 spiro atoms. The molecule has 154 valence electrons. The Morgan fingerprint density at radius 3 is 2.52 bits per heavy atom. The minimum atomic E-state index is 0.0793. The van der Waals surface area contributed by atoms with Crippen LogP contribution in [0.25, 0.3) is 0 Å². The van der Waals surface area contributed by atoms with Crippen molar-refractivity contribution in [2.45, 2.75) is 45.1 Å². The van der Waals surface area contributed by atoms with E-state index in [0.717, 1.165) is 40.6 Å². The average molecular weight is 458 g/mol. The van der Waals surface area contributed by atoms with Gasteiger partial charge in [-0.3, -0.25) is 4.79 Å². The summed E-state index contributed by atoms with van der Waals surface area (Å²) in [5.74, 6) is 1.76. The van der Waals surface area contributed by atoms with E-state index >= 15 is 0 Å². The van der Waals surface area contributed by atoms with Crippen LogP contribution in [0.4, 0.5) is 11.8 Å². The van der Waals surface area contributed by atoms with Crippen LogP contribution in [0.3, 0.4) is 0 Å². The molecule has 2 fully saturated rings. The SMILES string of the molecule is Cc1cc(N2CCN(C(=O)c3ccccc3Br)CC2)nc(NC2CCCCC2)n1. The molecular weight excluding hydrogens is 430 g/mol. The number of rotatable bonds is 4. The number of hydrogen-bond donors (Lipinski definition) is 1. The monoisotopic (exact) mass is 457 g/mol. The van der Waals surface area contributed by atoms with Gasteiger partial charge in [0.1, 0.15) is 5.82 Å². The molecule has 4 rings (SSSR count). The lowest BCUT2D eigenvalue weighted by atomic mass is 9.96. The maximum absolute atomic E-state index is 12.8. The van der Waals surface area contributed by atoms with Gasteiger partial charge in [-0.25, -0.2) is 4.98 Å². The predicted molar refractivity (Wildman–Crippen MR) is 120 cm³/mol. The highest BCUT2D eigenvalue weighted by atomic mass is 79.9. The van der Waals surface area contributed by atoms with Crippen LogP contribution in [0.15, 0.2) is 34.8 Å². The third-order valence-electron chi connectivity index (χ3n) is 5.77. The predicted octanol–water partition coefficient (Wildman–Crippen LogP) is 4.25. The van der Waals surface area contributed by atoms with E-state index in [2.05, 4.69) is 31.1 Å². The van der Waals surface area contributed by atoms with Crippen molar-refractivity contribution in [2.75, 3.05) is 36.4 Å². The zero-order valence-corrected chi connectivity index (χ0v) is 18.5. The van der Waals surface area contributed by atoms with Gasteiger partial charge in [0.25, 0.3) is 5.91 Å². The highest BCUT2D eigenvalue weighted by Crippen LogP contribution is 2.23. The molecule has 0 atom stereocenters. The third-order valence-corrected chi connectivity index (χ3v) is 6.47. The van der Waals surface area contributed by atoms with E-state index in [1.807, 2.05) is 42.2 Å². The van der Waals surface area contributed by atoms with Gasteiger partial charge < -0.3 is 15.1 Å². The third kappa shape index (κ3) is 4.89. The molecule has 1 saturated heterocycles. The summed E-state index contributed by atoms with van der Waals surface area (Å²) < 4.78 is 0.845. The van der Waals surface area contributed by atoms with Crippen molar-refractivity contribution in [1.82, 2.24) is 14.9 Å². The summed E-state index contributed by atoms with van der Waals surface area (Å²) in [6.07, 6.45) is 6.29. The Labute approximate surface area is 180 Å². The minimum Gasteiger partial charge on any atom is -0.353 e. The number of aryl methyl sites for hydroxylation is 1. The molecule has 2 aliphatic rings. The minimum absolute atomic E-state index is 0.0793. The maximum atomic E-state index is 12.8. The highest BCUT2D eigenvalue weighted by Gasteiger charge is 2.24. The van der Waals surface area contributed by atoms with Crippen molar-refractivity contribution < 1.29 is 4.79 Å². The van der Waals surface area contributed by atoms with Gasteiger partial charge in [0.15, 0.2) is 0 Å². The molecule has 1 aromatic heterocycles. The average Bonchev–Trinajstić information content (AvgIpc) is 2.74. The summed E-state index contributed by atoms with van der Waals surface area (Å²) in [5, 5.41) is 3.54. The fourth-order valence-electron chi connectivity index (χ4n) is 4.15. The van der Waals surface area contributed by atoms with E-state index in [1.54, 1.807) is 0 Å². The first-order valence-electron chi connectivity index (χ1n) is 10.5. The molecule has 6 nitrogen and oxygen atoms in total. The second-order valence-corrected chi connectivity index (χ2v) is 8.78. The molecule has 1 saturated carbocycles. The summed E-state index contributed by atoms with van der Waals surface area (Å²) in [5.41, 5.74) is 1.69. The molecule has 2 aromatic rings. The summed E-state index contributed by atoms with van der Waals surface area (Å²) in [7, 11) is 0. The molecule has 0 unspecified atom stereocenters. The topological polar surface area (TPSA) is 61.4 Å². The summed E-state index contributed by atoms with van der Waals surface area (Å²) in [4.78, 5) is 26.4.